The highest BCUT2D eigenvalue weighted by Gasteiger charge is 2.54. The summed E-state index contributed by atoms with van der Waals surface area (Å²) in [6.07, 6.45) is 0. The van der Waals surface area contributed by atoms with Crippen LogP contribution in [-0.2, 0) is 10.8 Å². The van der Waals surface area contributed by atoms with Crippen LogP contribution in [0.2, 0.25) is 0 Å². The second kappa shape index (κ2) is 22.6. The standard InChI is InChI=1S/C99H67B2N3O/c1-98(2,3)68-58-77(63-32-11-5-12-33-63)96(78(59-68)64-34-13-6-14-35-64)104-88-61-91-85(60-84(88)100-82-48-25-27-50-86(82)102(69-36-15-7-16-37-69)89-55-66(56-90(104)94(89)100)62-30-9-4-10-31-62)101-83-49-26-28-51-87(83)103(70-38-17-8-18-39-70)97-72-53-52-65(54-67(72)57-92(105-91)95(97)101)71-43-29-44-76-75-42-21-24-47-81(75)99(93(71)76)79-45-22-19-40-73(79)74-41-20-23-46-80(74)99/h4-61H,1-3H3/i4D,9D,10D,30D,31D. The van der Waals surface area contributed by atoms with E-state index < -0.39 is 30.3 Å². The molecule has 6 aliphatic rings. The van der Waals surface area contributed by atoms with Crippen molar-refractivity contribution in [1.82, 2.24) is 0 Å². The monoisotopic (exact) mass is 1340 g/mol. The largest absolute Gasteiger partial charge is 0.458 e. The third-order valence-electron chi connectivity index (χ3n) is 23.3. The fourth-order valence-electron chi connectivity index (χ4n) is 19.0. The maximum absolute atomic E-state index is 9.79. The van der Waals surface area contributed by atoms with Gasteiger partial charge in [0.1, 0.15) is 11.5 Å². The van der Waals surface area contributed by atoms with Gasteiger partial charge in [-0.25, -0.2) is 0 Å². The van der Waals surface area contributed by atoms with Crippen LogP contribution in [0.1, 0.15) is 55.4 Å². The topological polar surface area (TPSA) is 19.0 Å². The van der Waals surface area contributed by atoms with Gasteiger partial charge in [0.05, 0.1) is 23.6 Å². The Morgan fingerprint density at radius 1 is 0.324 bits per heavy atom. The number of benzene rings is 16. The van der Waals surface area contributed by atoms with E-state index in [2.05, 4.69) is 351 Å². The average molecular weight is 1340 g/mol. The molecule has 16 aromatic carbocycles. The Morgan fingerprint density at radius 3 is 1.44 bits per heavy atom. The highest BCUT2D eigenvalue weighted by molar-refractivity contribution is 7.02. The first kappa shape index (κ1) is 54.8. The van der Waals surface area contributed by atoms with E-state index in [1.165, 1.54) is 50.1 Å². The molecule has 0 fully saturated rings. The summed E-state index contributed by atoms with van der Waals surface area (Å²) in [4.78, 5) is 7.24. The maximum atomic E-state index is 9.79. The van der Waals surface area contributed by atoms with Crippen molar-refractivity contribution in [3.05, 3.63) is 380 Å². The summed E-state index contributed by atoms with van der Waals surface area (Å²) in [6, 6.07) is 116. The summed E-state index contributed by atoms with van der Waals surface area (Å²) in [6.45, 7) is 6.09. The number of hydrogen-bond acceptors (Lipinski definition) is 4. The van der Waals surface area contributed by atoms with Crippen LogP contribution in [-0.4, -0.2) is 13.4 Å². The van der Waals surface area contributed by atoms with Gasteiger partial charge in [-0.15, -0.1) is 0 Å². The van der Waals surface area contributed by atoms with Crippen molar-refractivity contribution in [2.45, 2.75) is 31.6 Å². The van der Waals surface area contributed by atoms with Crippen LogP contribution in [0.5, 0.6) is 11.5 Å². The summed E-state index contributed by atoms with van der Waals surface area (Å²) in [7, 11) is 0. The van der Waals surface area contributed by atoms with Gasteiger partial charge in [-0.2, -0.15) is 0 Å². The fourth-order valence-corrected chi connectivity index (χ4v) is 19.0. The predicted octanol–water partition coefficient (Wildman–Crippen LogP) is 21.6. The van der Waals surface area contributed by atoms with Gasteiger partial charge in [-0.3, -0.25) is 0 Å². The molecule has 0 bridgehead atoms. The molecule has 22 rings (SSSR count). The van der Waals surface area contributed by atoms with Crippen molar-refractivity contribution in [3.8, 4) is 78.3 Å². The lowest BCUT2D eigenvalue weighted by Gasteiger charge is -2.46. The molecule has 6 heteroatoms. The third kappa shape index (κ3) is 8.54. The van der Waals surface area contributed by atoms with E-state index in [1.807, 2.05) is 6.07 Å². The zero-order valence-corrected chi connectivity index (χ0v) is 58.0. The molecule has 490 valence electrons. The van der Waals surface area contributed by atoms with Gasteiger partial charge in [0.2, 0.25) is 0 Å². The molecular weight excluding hydrogens is 1270 g/mol. The van der Waals surface area contributed by atoms with E-state index >= 15 is 0 Å². The van der Waals surface area contributed by atoms with Gasteiger partial charge in [0, 0.05) is 62.4 Å². The van der Waals surface area contributed by atoms with Crippen LogP contribution in [0.25, 0.3) is 77.5 Å². The third-order valence-corrected chi connectivity index (χ3v) is 23.3. The molecule has 0 atom stereocenters. The lowest BCUT2D eigenvalue weighted by molar-refractivity contribution is 0.488. The second-order valence-electron chi connectivity index (χ2n) is 29.7. The Labute approximate surface area is 620 Å². The quantitative estimate of drug-likeness (QED) is 0.148. The van der Waals surface area contributed by atoms with Crippen LogP contribution < -0.4 is 52.2 Å². The minimum atomic E-state index is -0.573. The lowest BCUT2D eigenvalue weighted by Crippen LogP contribution is -2.64. The van der Waals surface area contributed by atoms with Gasteiger partial charge >= 0.3 is 0 Å². The number of para-hydroxylation sites is 4. The summed E-state index contributed by atoms with van der Waals surface area (Å²) in [5.41, 5.74) is 32.3. The van der Waals surface area contributed by atoms with Gasteiger partial charge in [-0.05, 0) is 200 Å². The second-order valence-corrected chi connectivity index (χ2v) is 29.7. The number of hydrogen-bond donors (Lipinski definition) is 0. The summed E-state index contributed by atoms with van der Waals surface area (Å²) < 4.78 is 55.0. The minimum absolute atomic E-state index is 0.117. The van der Waals surface area contributed by atoms with Gasteiger partial charge < -0.3 is 19.4 Å². The molecular formula is C99H67B2N3O. The Balaban J connectivity index is 0.847. The molecule has 0 unspecified atom stereocenters. The van der Waals surface area contributed by atoms with E-state index in [-0.39, 0.29) is 29.8 Å². The number of anilines is 9. The molecule has 1 spiro atoms. The van der Waals surface area contributed by atoms with Crippen LogP contribution in [0.15, 0.2) is 352 Å². The molecule has 105 heavy (non-hydrogen) atoms. The first-order valence-corrected chi connectivity index (χ1v) is 36.5. The fraction of sp³-hybridized carbons (Fsp3) is 0.0505. The molecule has 2 aliphatic carbocycles. The molecule has 0 saturated heterocycles. The average Bonchev–Trinajstić information content (AvgIpc) is 0.753. The van der Waals surface area contributed by atoms with Gasteiger partial charge in [0.15, 0.2) is 0 Å². The number of fused-ring (bicyclic) bond motifs is 20. The molecule has 4 aliphatic heterocycles. The highest BCUT2D eigenvalue weighted by Crippen LogP contribution is 2.65. The van der Waals surface area contributed by atoms with E-state index in [4.69, 9.17) is 6.11 Å². The van der Waals surface area contributed by atoms with Crippen molar-refractivity contribution in [3.63, 3.8) is 0 Å². The Kier molecular flexibility index (Phi) is 11.8. The number of ether oxygens (including phenoxy) is 1. The van der Waals surface area contributed by atoms with E-state index in [0.717, 1.165) is 134 Å². The zero-order chi connectivity index (χ0) is 73.7. The summed E-state index contributed by atoms with van der Waals surface area (Å²) in [5.74, 6) is 1.47. The van der Waals surface area contributed by atoms with Gasteiger partial charge in [0.25, 0.3) is 13.4 Å². The summed E-state index contributed by atoms with van der Waals surface area (Å²) >= 11 is 0. The van der Waals surface area contributed by atoms with Crippen molar-refractivity contribution in [2.75, 3.05) is 14.7 Å². The molecule has 4 nitrogen and oxygen atoms in total. The van der Waals surface area contributed by atoms with Crippen molar-refractivity contribution < 1.29 is 11.6 Å². The summed E-state index contributed by atoms with van der Waals surface area (Å²) in [5, 5.41) is 2.14. The SMILES string of the molecule is [2H]c1c([2H])c([2H])c(-c2cc3c4c(c2)N(c2c(-c5ccccc5)cc(C(C)(C)C)cc2-c2ccccc2)c2cc5c(cc2B4c2ccccc2N3c2ccccc2)B2c3ccccc3N(c3ccccc3)c3c2c(cc2cc(-c4cccc6c4C4(c7ccccc7-c7ccccc74)c4ccccc4-6)ccc32)O5)c([2H])c1[2H]. The van der Waals surface area contributed by atoms with Crippen LogP contribution in [0.4, 0.5) is 51.2 Å². The molecule has 0 aromatic heterocycles. The van der Waals surface area contributed by atoms with E-state index in [9.17, 15) is 5.48 Å². The van der Waals surface area contributed by atoms with Crippen LogP contribution >= 0.6 is 0 Å². The lowest BCUT2D eigenvalue weighted by atomic mass is 9.30. The zero-order valence-electron chi connectivity index (χ0n) is 63.0. The van der Waals surface area contributed by atoms with E-state index in [0.29, 0.717) is 11.3 Å². The minimum Gasteiger partial charge on any atom is -0.458 e. The van der Waals surface area contributed by atoms with E-state index in [1.54, 1.807) is 0 Å². The highest BCUT2D eigenvalue weighted by atomic mass is 16.5. The number of nitrogens with zero attached hydrogens (tertiary/aromatic N) is 3. The molecule has 0 N–H and O–H groups in total. The van der Waals surface area contributed by atoms with Crippen molar-refractivity contribution in [2.24, 2.45) is 0 Å². The molecule has 16 aromatic rings. The predicted molar refractivity (Wildman–Crippen MR) is 441 cm³/mol. The first-order chi connectivity index (χ1) is 53.8. The molecule has 0 amide bonds. The molecule has 0 saturated carbocycles. The van der Waals surface area contributed by atoms with Crippen LogP contribution in [0.3, 0.4) is 0 Å². The smallest absolute Gasteiger partial charge is 0.256 e. The normalized spacial score (nSPS) is 14.6. The molecule has 4 heterocycles. The Morgan fingerprint density at radius 2 is 0.829 bits per heavy atom. The Bertz CT molecular complexity index is 6510. The first-order valence-electron chi connectivity index (χ1n) is 39.0. The van der Waals surface area contributed by atoms with Gasteiger partial charge in [-0.1, -0.05) is 294 Å². The maximum Gasteiger partial charge on any atom is 0.256 e. The number of rotatable bonds is 7. The van der Waals surface area contributed by atoms with Crippen molar-refractivity contribution in [1.29, 1.82) is 0 Å². The van der Waals surface area contributed by atoms with Crippen molar-refractivity contribution >= 4 is 108 Å². The van der Waals surface area contributed by atoms with Crippen LogP contribution in [0, 0.1) is 0 Å². The molecule has 0 radical (unpaired) electrons. The Hall–Kier alpha value is -12.9.